The zero-order valence-electron chi connectivity index (χ0n) is 24.0. The van der Waals surface area contributed by atoms with Crippen LogP contribution < -0.4 is 15.8 Å². The van der Waals surface area contributed by atoms with Crippen molar-refractivity contribution in [3.63, 3.8) is 0 Å². The highest BCUT2D eigenvalue weighted by atomic mass is 16.5. The quantitative estimate of drug-likeness (QED) is 0.0815. The van der Waals surface area contributed by atoms with Crippen LogP contribution in [0.5, 0.6) is 0 Å². The molecule has 0 spiro atoms. The van der Waals surface area contributed by atoms with E-state index in [1.165, 1.54) is 51.4 Å². The van der Waals surface area contributed by atoms with Crippen molar-refractivity contribution in [2.45, 2.75) is 156 Å². The van der Waals surface area contributed by atoms with Crippen LogP contribution in [0.1, 0.15) is 148 Å². The number of carbonyl (C=O) groups is 1. The molecule has 0 saturated heterocycles. The van der Waals surface area contributed by atoms with Gasteiger partial charge in [0.2, 0.25) is 10.9 Å². The van der Waals surface area contributed by atoms with Gasteiger partial charge in [0.25, 0.3) is 0 Å². The van der Waals surface area contributed by atoms with Gasteiger partial charge in [0, 0.05) is 25.1 Å². The normalized spacial score (nSPS) is 12.2. The molecule has 5 nitrogen and oxygen atoms in total. The summed E-state index contributed by atoms with van der Waals surface area (Å²) in [7, 11) is 0. The topological polar surface area (TPSA) is 63.7 Å². The van der Waals surface area contributed by atoms with Gasteiger partial charge in [-0.2, -0.15) is 0 Å². The predicted molar refractivity (Wildman–Crippen MR) is 153 cm³/mol. The van der Waals surface area contributed by atoms with E-state index in [1.54, 1.807) is 6.92 Å². The van der Waals surface area contributed by atoms with Gasteiger partial charge in [-0.3, -0.25) is 14.4 Å². The molecule has 0 saturated carbocycles. The van der Waals surface area contributed by atoms with Crippen LogP contribution in [-0.4, -0.2) is 25.2 Å². The number of anilines is 1. The van der Waals surface area contributed by atoms with Gasteiger partial charge >= 0.3 is 5.97 Å². The van der Waals surface area contributed by atoms with E-state index in [2.05, 4.69) is 25.7 Å². The van der Waals surface area contributed by atoms with Gasteiger partial charge in [0.05, 0.1) is 5.69 Å². The minimum absolute atomic E-state index is 0.0374. The van der Waals surface area contributed by atoms with E-state index in [0.717, 1.165) is 77.3 Å². The van der Waals surface area contributed by atoms with Gasteiger partial charge in [0.15, 0.2) is 0 Å². The number of nitrogens with zero attached hydrogens (tertiary/aromatic N) is 1. The third-order valence-corrected chi connectivity index (χ3v) is 7.31. The van der Waals surface area contributed by atoms with Crippen LogP contribution in [0.15, 0.2) is 9.59 Å². The second-order valence-electron chi connectivity index (χ2n) is 10.7. The molecule has 5 heteroatoms. The zero-order valence-corrected chi connectivity index (χ0v) is 24.0. The SMILES string of the molecule is CCCCCCCCN(CCCCCCCC(=O)OC(CCC)CCCCCC)c1c(C)c(=O)c1=O. The Balaban J connectivity index is 2.27. The van der Waals surface area contributed by atoms with Crippen LogP contribution in [0.4, 0.5) is 5.69 Å². The molecule has 0 N–H and O–H groups in total. The largest absolute Gasteiger partial charge is 0.462 e. The van der Waals surface area contributed by atoms with E-state index in [4.69, 9.17) is 4.74 Å². The number of unbranched alkanes of at least 4 members (excludes halogenated alkanes) is 12. The molecule has 208 valence electrons. The number of carbonyl (C=O) groups excluding carboxylic acids is 1. The second kappa shape index (κ2) is 20.4. The van der Waals surface area contributed by atoms with Gasteiger partial charge < -0.3 is 9.64 Å². The average molecular weight is 506 g/mol. The number of esters is 1. The molecule has 36 heavy (non-hydrogen) atoms. The fourth-order valence-corrected chi connectivity index (χ4v) is 5.02. The number of hydrogen-bond donors (Lipinski definition) is 0. The maximum absolute atomic E-state index is 12.3. The Kier molecular flexibility index (Phi) is 18.4. The van der Waals surface area contributed by atoms with Crippen LogP contribution in [-0.2, 0) is 9.53 Å². The summed E-state index contributed by atoms with van der Waals surface area (Å²) in [6.45, 7) is 10.1. The lowest BCUT2D eigenvalue weighted by Crippen LogP contribution is -2.43. The third-order valence-electron chi connectivity index (χ3n) is 7.31. The van der Waals surface area contributed by atoms with Crippen molar-refractivity contribution in [1.29, 1.82) is 0 Å². The first-order chi connectivity index (χ1) is 17.5. The van der Waals surface area contributed by atoms with E-state index < -0.39 is 0 Å². The summed E-state index contributed by atoms with van der Waals surface area (Å²) in [6, 6.07) is 0. The molecule has 1 aromatic rings. The Bertz CT molecular complexity index is 765. The Labute approximate surface area is 221 Å². The van der Waals surface area contributed by atoms with Crippen LogP contribution >= 0.6 is 0 Å². The summed E-state index contributed by atoms with van der Waals surface area (Å²) in [5.74, 6) is -0.0374. The minimum Gasteiger partial charge on any atom is -0.462 e. The Morgan fingerprint density at radius 1 is 0.667 bits per heavy atom. The highest BCUT2D eigenvalue weighted by Gasteiger charge is 2.22. The molecule has 0 heterocycles. The van der Waals surface area contributed by atoms with Gasteiger partial charge in [-0.05, 0) is 45.4 Å². The molecule has 0 bridgehead atoms. The maximum atomic E-state index is 12.3. The van der Waals surface area contributed by atoms with E-state index in [0.29, 0.717) is 17.7 Å². The minimum atomic E-state index is -0.313. The molecule has 0 aliphatic heterocycles. The molecule has 1 unspecified atom stereocenters. The van der Waals surface area contributed by atoms with Gasteiger partial charge in [-0.1, -0.05) is 97.8 Å². The lowest BCUT2D eigenvalue weighted by molar-refractivity contribution is -0.150. The van der Waals surface area contributed by atoms with E-state index >= 15 is 0 Å². The van der Waals surface area contributed by atoms with Crippen molar-refractivity contribution in [3.8, 4) is 0 Å². The molecular weight excluding hydrogens is 450 g/mol. The molecule has 0 fully saturated rings. The lowest BCUT2D eigenvalue weighted by Gasteiger charge is -2.27. The molecule has 1 atom stereocenters. The Morgan fingerprint density at radius 3 is 1.75 bits per heavy atom. The average Bonchev–Trinajstić information content (AvgIpc) is 2.87. The predicted octanol–water partition coefficient (Wildman–Crippen LogP) is 7.78. The first-order valence-electron chi connectivity index (χ1n) is 15.2. The number of ether oxygens (including phenoxy) is 1. The fraction of sp³-hybridized carbons (Fsp3) is 0.839. The first-order valence-corrected chi connectivity index (χ1v) is 15.2. The lowest BCUT2D eigenvalue weighted by atomic mass is 10.0. The van der Waals surface area contributed by atoms with Gasteiger partial charge in [-0.25, -0.2) is 0 Å². The molecule has 0 amide bonds. The fourth-order valence-electron chi connectivity index (χ4n) is 5.02. The molecule has 1 rings (SSSR count). The van der Waals surface area contributed by atoms with Crippen molar-refractivity contribution in [1.82, 2.24) is 0 Å². The molecule has 0 aromatic heterocycles. The van der Waals surface area contributed by atoms with Crippen molar-refractivity contribution in [3.05, 3.63) is 26.0 Å². The maximum Gasteiger partial charge on any atom is 0.306 e. The summed E-state index contributed by atoms with van der Waals surface area (Å²) in [6.07, 6.45) is 20.9. The van der Waals surface area contributed by atoms with Crippen LogP contribution in [0.3, 0.4) is 0 Å². The molecule has 1 aromatic carbocycles. The zero-order chi connectivity index (χ0) is 26.6. The van der Waals surface area contributed by atoms with Crippen molar-refractivity contribution >= 4 is 11.7 Å². The summed E-state index contributed by atoms with van der Waals surface area (Å²) >= 11 is 0. The summed E-state index contributed by atoms with van der Waals surface area (Å²) in [4.78, 5) is 38.3. The van der Waals surface area contributed by atoms with Crippen LogP contribution in [0.2, 0.25) is 0 Å². The Hall–Kier alpha value is -1.65. The highest BCUT2D eigenvalue weighted by molar-refractivity contribution is 5.69. The second-order valence-corrected chi connectivity index (χ2v) is 10.7. The first kappa shape index (κ1) is 32.4. The van der Waals surface area contributed by atoms with Crippen molar-refractivity contribution < 1.29 is 9.53 Å². The standard InChI is InChI=1S/C31H55NO4/c1-5-8-10-12-15-19-24-32(29-26(4)30(34)31(29)35)25-20-16-13-14-18-23-28(33)36-27(21-7-3)22-17-11-9-6-2/h27H,5-25H2,1-4H3. The smallest absolute Gasteiger partial charge is 0.306 e. The van der Waals surface area contributed by atoms with E-state index in [-0.39, 0.29) is 22.9 Å². The third kappa shape index (κ3) is 13.1. The van der Waals surface area contributed by atoms with Gasteiger partial charge in [-0.15, -0.1) is 0 Å². The summed E-state index contributed by atoms with van der Waals surface area (Å²) in [5, 5.41) is 0. The van der Waals surface area contributed by atoms with Crippen LogP contribution in [0.25, 0.3) is 0 Å². The molecule has 0 radical (unpaired) electrons. The number of hydrogen-bond acceptors (Lipinski definition) is 5. The molecule has 0 aliphatic carbocycles. The molecular formula is C31H55NO4. The van der Waals surface area contributed by atoms with Crippen molar-refractivity contribution in [2.24, 2.45) is 0 Å². The van der Waals surface area contributed by atoms with Crippen LogP contribution in [0, 0.1) is 6.92 Å². The number of rotatable bonds is 24. The van der Waals surface area contributed by atoms with E-state index in [9.17, 15) is 14.4 Å². The monoisotopic (exact) mass is 505 g/mol. The molecule has 0 aliphatic rings. The summed E-state index contributed by atoms with van der Waals surface area (Å²) < 4.78 is 5.76. The van der Waals surface area contributed by atoms with Gasteiger partial charge in [0.1, 0.15) is 6.10 Å². The highest BCUT2D eigenvalue weighted by Crippen LogP contribution is 2.18. The van der Waals surface area contributed by atoms with E-state index in [1.807, 2.05) is 0 Å². The van der Waals surface area contributed by atoms with Crippen molar-refractivity contribution in [2.75, 3.05) is 18.0 Å². The summed E-state index contributed by atoms with van der Waals surface area (Å²) in [5.41, 5.74) is 0.680. The Morgan fingerprint density at radius 2 is 1.19 bits per heavy atom.